The monoisotopic (exact) mass is 481 g/mol. The molecule has 0 saturated carbocycles. The average Bonchev–Trinajstić information content (AvgIpc) is 2.88. The second kappa shape index (κ2) is 11.0. The maximum absolute atomic E-state index is 13.4. The normalized spacial score (nSPS) is 10.4. The van der Waals surface area contributed by atoms with Crippen LogP contribution in [0.2, 0.25) is 0 Å². The standard InChI is InChI=1S/C29H23NO6/c1-19(31)36-23-13-15-27(35-18-20-8-4-2-5-9-20)25(17-23)28(32)30-26-16-22(12-14-24(26)29(33)34)21-10-6-3-7-11-21/h2-17H,18H2,1H3,(H,30,32)(H,33,34). The summed E-state index contributed by atoms with van der Waals surface area (Å²) in [4.78, 5) is 36.7. The molecule has 0 aliphatic heterocycles. The number of anilines is 1. The highest BCUT2D eigenvalue weighted by atomic mass is 16.5. The van der Waals surface area contributed by atoms with Gasteiger partial charge in [0.05, 0.1) is 16.8 Å². The van der Waals surface area contributed by atoms with Gasteiger partial charge in [-0.25, -0.2) is 4.79 Å². The molecule has 0 unspecified atom stereocenters. The second-order valence-electron chi connectivity index (χ2n) is 7.91. The summed E-state index contributed by atoms with van der Waals surface area (Å²) in [5, 5.41) is 12.4. The fraction of sp³-hybridized carbons (Fsp3) is 0.0690. The second-order valence-corrected chi connectivity index (χ2v) is 7.91. The Hall–Kier alpha value is -4.91. The maximum atomic E-state index is 13.4. The predicted molar refractivity (Wildman–Crippen MR) is 135 cm³/mol. The van der Waals surface area contributed by atoms with Gasteiger partial charge in [-0.3, -0.25) is 9.59 Å². The van der Waals surface area contributed by atoms with Gasteiger partial charge in [0.1, 0.15) is 18.1 Å². The molecule has 0 aliphatic carbocycles. The summed E-state index contributed by atoms with van der Waals surface area (Å²) in [7, 11) is 0. The predicted octanol–water partition coefficient (Wildman–Crippen LogP) is 5.81. The Labute approximate surface area is 207 Å². The van der Waals surface area contributed by atoms with Crippen LogP contribution >= 0.6 is 0 Å². The number of carbonyl (C=O) groups is 3. The van der Waals surface area contributed by atoms with Gasteiger partial charge < -0.3 is 19.9 Å². The smallest absolute Gasteiger partial charge is 0.337 e. The van der Waals surface area contributed by atoms with E-state index >= 15 is 0 Å². The van der Waals surface area contributed by atoms with E-state index in [9.17, 15) is 19.5 Å². The molecule has 1 amide bonds. The van der Waals surface area contributed by atoms with Crippen LogP contribution in [0.1, 0.15) is 33.2 Å². The topological polar surface area (TPSA) is 102 Å². The Kier molecular flexibility index (Phi) is 7.41. The van der Waals surface area contributed by atoms with E-state index < -0.39 is 17.8 Å². The molecule has 4 aromatic rings. The van der Waals surface area contributed by atoms with Gasteiger partial charge in [-0.15, -0.1) is 0 Å². The van der Waals surface area contributed by atoms with Crippen molar-refractivity contribution in [2.24, 2.45) is 0 Å². The first kappa shape index (κ1) is 24.2. The number of esters is 1. The zero-order chi connectivity index (χ0) is 25.5. The summed E-state index contributed by atoms with van der Waals surface area (Å²) in [6.07, 6.45) is 0. The molecule has 0 spiro atoms. The highest BCUT2D eigenvalue weighted by Crippen LogP contribution is 2.29. The summed E-state index contributed by atoms with van der Waals surface area (Å²) >= 11 is 0. The molecule has 0 fully saturated rings. The summed E-state index contributed by atoms with van der Waals surface area (Å²) in [6, 6.07) is 28.0. The van der Waals surface area contributed by atoms with Crippen molar-refractivity contribution in [3.8, 4) is 22.6 Å². The van der Waals surface area contributed by atoms with Gasteiger partial charge >= 0.3 is 11.9 Å². The number of benzene rings is 4. The van der Waals surface area contributed by atoms with E-state index in [-0.39, 0.29) is 34.9 Å². The lowest BCUT2D eigenvalue weighted by Gasteiger charge is -2.15. The maximum Gasteiger partial charge on any atom is 0.337 e. The third-order valence-corrected chi connectivity index (χ3v) is 5.30. The molecule has 0 bridgehead atoms. The molecule has 0 saturated heterocycles. The largest absolute Gasteiger partial charge is 0.488 e. The van der Waals surface area contributed by atoms with Crippen molar-refractivity contribution in [1.29, 1.82) is 0 Å². The minimum absolute atomic E-state index is 0.0640. The van der Waals surface area contributed by atoms with Crippen LogP contribution in [-0.4, -0.2) is 23.0 Å². The van der Waals surface area contributed by atoms with E-state index in [4.69, 9.17) is 9.47 Å². The molecule has 180 valence electrons. The SMILES string of the molecule is CC(=O)Oc1ccc(OCc2ccccc2)c(C(=O)Nc2cc(-c3ccccc3)ccc2C(=O)O)c1. The van der Waals surface area contributed by atoms with Crippen LogP contribution in [0.4, 0.5) is 5.69 Å². The Morgan fingerprint density at radius 1 is 0.778 bits per heavy atom. The Morgan fingerprint density at radius 2 is 1.47 bits per heavy atom. The van der Waals surface area contributed by atoms with Crippen LogP contribution in [0.3, 0.4) is 0 Å². The Morgan fingerprint density at radius 3 is 2.14 bits per heavy atom. The fourth-order valence-electron chi connectivity index (χ4n) is 3.61. The van der Waals surface area contributed by atoms with Gasteiger partial charge in [0.25, 0.3) is 5.91 Å². The van der Waals surface area contributed by atoms with E-state index in [2.05, 4.69) is 5.32 Å². The lowest BCUT2D eigenvalue weighted by atomic mass is 10.0. The van der Waals surface area contributed by atoms with Crippen molar-refractivity contribution in [1.82, 2.24) is 0 Å². The quantitative estimate of drug-likeness (QED) is 0.243. The van der Waals surface area contributed by atoms with Crippen molar-refractivity contribution in [3.63, 3.8) is 0 Å². The van der Waals surface area contributed by atoms with Gasteiger partial charge in [-0.05, 0) is 47.0 Å². The molecule has 0 atom stereocenters. The number of ether oxygens (including phenoxy) is 2. The molecule has 36 heavy (non-hydrogen) atoms. The van der Waals surface area contributed by atoms with Gasteiger partial charge in [0.2, 0.25) is 0 Å². The Bertz CT molecular complexity index is 1400. The van der Waals surface area contributed by atoms with Gasteiger partial charge in [0.15, 0.2) is 0 Å². The zero-order valence-electron chi connectivity index (χ0n) is 19.4. The molecular formula is C29H23NO6. The van der Waals surface area contributed by atoms with Crippen LogP contribution in [0.15, 0.2) is 97.1 Å². The molecule has 4 rings (SSSR count). The summed E-state index contributed by atoms with van der Waals surface area (Å²) in [5.74, 6) is -1.92. The van der Waals surface area contributed by atoms with Gasteiger partial charge in [0, 0.05) is 6.92 Å². The zero-order valence-corrected chi connectivity index (χ0v) is 19.4. The highest BCUT2D eigenvalue weighted by molar-refractivity contribution is 6.09. The summed E-state index contributed by atoms with van der Waals surface area (Å²) in [5.41, 5.74) is 2.66. The molecule has 2 N–H and O–H groups in total. The summed E-state index contributed by atoms with van der Waals surface area (Å²) < 4.78 is 11.0. The van der Waals surface area contributed by atoms with Crippen LogP contribution in [0.25, 0.3) is 11.1 Å². The van der Waals surface area contributed by atoms with E-state index in [0.717, 1.165) is 16.7 Å². The van der Waals surface area contributed by atoms with E-state index in [1.54, 1.807) is 12.1 Å². The van der Waals surface area contributed by atoms with Crippen molar-refractivity contribution in [2.75, 3.05) is 5.32 Å². The lowest BCUT2D eigenvalue weighted by Crippen LogP contribution is -2.16. The molecule has 0 aliphatic rings. The third-order valence-electron chi connectivity index (χ3n) is 5.30. The molecule has 0 heterocycles. The van der Waals surface area contributed by atoms with E-state index in [1.807, 2.05) is 60.7 Å². The third kappa shape index (κ3) is 5.95. The average molecular weight is 482 g/mol. The molecule has 7 heteroatoms. The number of hydrogen-bond acceptors (Lipinski definition) is 5. The number of aromatic carboxylic acids is 1. The molecular weight excluding hydrogens is 458 g/mol. The Balaban J connectivity index is 1.68. The van der Waals surface area contributed by atoms with Crippen molar-refractivity contribution in [2.45, 2.75) is 13.5 Å². The molecule has 7 nitrogen and oxygen atoms in total. The first-order valence-corrected chi connectivity index (χ1v) is 11.1. The number of carboxylic acids is 1. The van der Waals surface area contributed by atoms with Gasteiger partial charge in [-0.1, -0.05) is 66.7 Å². The number of carboxylic acid groups (broad SMARTS) is 1. The van der Waals surface area contributed by atoms with Crippen molar-refractivity contribution >= 4 is 23.5 Å². The minimum atomic E-state index is -1.18. The van der Waals surface area contributed by atoms with Crippen molar-refractivity contribution < 1.29 is 29.0 Å². The van der Waals surface area contributed by atoms with Crippen LogP contribution in [0, 0.1) is 0 Å². The van der Waals surface area contributed by atoms with Gasteiger partial charge in [-0.2, -0.15) is 0 Å². The van der Waals surface area contributed by atoms with E-state index in [1.165, 1.54) is 31.2 Å². The number of hydrogen-bond donors (Lipinski definition) is 2. The lowest BCUT2D eigenvalue weighted by molar-refractivity contribution is -0.131. The van der Waals surface area contributed by atoms with Crippen LogP contribution in [0.5, 0.6) is 11.5 Å². The fourth-order valence-corrected chi connectivity index (χ4v) is 3.61. The molecule has 4 aromatic carbocycles. The number of nitrogens with one attached hydrogen (secondary N) is 1. The number of carbonyl (C=O) groups excluding carboxylic acids is 2. The first-order chi connectivity index (χ1) is 17.4. The van der Waals surface area contributed by atoms with Crippen LogP contribution < -0.4 is 14.8 Å². The van der Waals surface area contributed by atoms with Crippen LogP contribution in [-0.2, 0) is 11.4 Å². The minimum Gasteiger partial charge on any atom is -0.488 e. The highest BCUT2D eigenvalue weighted by Gasteiger charge is 2.19. The van der Waals surface area contributed by atoms with Crippen molar-refractivity contribution in [3.05, 3.63) is 114 Å². The first-order valence-electron chi connectivity index (χ1n) is 11.1. The number of rotatable bonds is 8. The van der Waals surface area contributed by atoms with E-state index in [0.29, 0.717) is 0 Å². The number of amides is 1. The molecule has 0 aromatic heterocycles. The molecule has 0 radical (unpaired) electrons. The summed E-state index contributed by atoms with van der Waals surface area (Å²) in [6.45, 7) is 1.46.